The van der Waals surface area contributed by atoms with Gasteiger partial charge in [0, 0.05) is 13.1 Å². The molecule has 1 aliphatic rings. The van der Waals surface area contributed by atoms with Crippen LogP contribution >= 0.6 is 11.8 Å². The Kier molecular flexibility index (Phi) is 6.18. The van der Waals surface area contributed by atoms with Gasteiger partial charge in [0.2, 0.25) is 11.8 Å². The number of carbonyl (C=O) groups excluding carboxylic acids is 2. The van der Waals surface area contributed by atoms with E-state index in [0.717, 1.165) is 15.8 Å². The lowest BCUT2D eigenvalue weighted by Gasteiger charge is -2.29. The van der Waals surface area contributed by atoms with E-state index < -0.39 is 5.56 Å². The number of aromatic nitrogens is 2. The van der Waals surface area contributed by atoms with Crippen molar-refractivity contribution in [3.63, 3.8) is 0 Å². The highest BCUT2D eigenvalue weighted by Gasteiger charge is 2.29. The fourth-order valence-corrected chi connectivity index (χ4v) is 3.82. The number of hydrogen-bond acceptors (Lipinski definition) is 5. The molecule has 0 aliphatic carbocycles. The van der Waals surface area contributed by atoms with Crippen LogP contribution in [-0.4, -0.2) is 33.9 Å². The van der Waals surface area contributed by atoms with Crippen LogP contribution in [0.2, 0.25) is 0 Å². The number of rotatable bonds is 6. The smallest absolute Gasteiger partial charge is 0.292 e. The second-order valence-electron chi connectivity index (χ2n) is 7.27. The zero-order valence-corrected chi connectivity index (χ0v) is 17.1. The average molecular weight is 401 g/mol. The minimum Gasteiger partial charge on any atom is -0.350 e. The van der Waals surface area contributed by atoms with Crippen molar-refractivity contribution in [3.05, 3.63) is 51.9 Å². The number of nitrogens with zero attached hydrogens (tertiary/aromatic N) is 3. The van der Waals surface area contributed by atoms with Crippen molar-refractivity contribution in [2.24, 2.45) is 5.92 Å². The number of aryl methyl sites for hydroxylation is 1. The van der Waals surface area contributed by atoms with Gasteiger partial charge in [0.25, 0.3) is 5.56 Å². The van der Waals surface area contributed by atoms with E-state index in [4.69, 9.17) is 0 Å². The first-order valence-corrected chi connectivity index (χ1v) is 10.2. The normalized spacial score (nSPS) is 13.6. The van der Waals surface area contributed by atoms with Crippen LogP contribution < -0.4 is 15.8 Å². The Morgan fingerprint density at radius 1 is 1.25 bits per heavy atom. The summed E-state index contributed by atoms with van der Waals surface area (Å²) >= 11 is 1.31. The Hall–Kier alpha value is -2.61. The molecule has 0 saturated heterocycles. The summed E-state index contributed by atoms with van der Waals surface area (Å²) in [6, 6.07) is 7.86. The van der Waals surface area contributed by atoms with E-state index in [-0.39, 0.29) is 24.3 Å². The minimum atomic E-state index is -0.413. The van der Waals surface area contributed by atoms with Gasteiger partial charge in [0.1, 0.15) is 12.2 Å². The Morgan fingerprint density at radius 2 is 1.96 bits per heavy atom. The van der Waals surface area contributed by atoms with Gasteiger partial charge in [-0.2, -0.15) is 5.10 Å². The monoisotopic (exact) mass is 400 g/mol. The molecule has 1 N–H and O–H groups in total. The molecule has 0 unspecified atom stereocenters. The number of thioether (sulfide) groups is 1. The summed E-state index contributed by atoms with van der Waals surface area (Å²) in [5, 5.41) is 6.92. The van der Waals surface area contributed by atoms with Crippen molar-refractivity contribution in [2.75, 3.05) is 17.2 Å². The fraction of sp³-hybridized carbons (Fsp3) is 0.400. The number of amides is 2. The van der Waals surface area contributed by atoms with Gasteiger partial charge in [-0.25, -0.2) is 4.68 Å². The summed E-state index contributed by atoms with van der Waals surface area (Å²) in [4.78, 5) is 39.7. The van der Waals surface area contributed by atoms with Crippen molar-refractivity contribution >= 4 is 29.3 Å². The fourth-order valence-electron chi connectivity index (χ4n) is 2.93. The van der Waals surface area contributed by atoms with Crippen molar-refractivity contribution in [1.82, 2.24) is 15.1 Å². The van der Waals surface area contributed by atoms with Gasteiger partial charge in [-0.15, -0.1) is 11.8 Å². The molecule has 3 rings (SSSR count). The molecule has 0 radical (unpaired) electrons. The molecule has 0 atom stereocenters. The number of hydrogen-bond donors (Lipinski definition) is 1. The molecule has 2 aromatic rings. The van der Waals surface area contributed by atoms with E-state index in [1.807, 2.05) is 45.0 Å². The van der Waals surface area contributed by atoms with E-state index in [1.54, 1.807) is 6.20 Å². The molecule has 1 aromatic carbocycles. The Labute approximate surface area is 168 Å². The summed E-state index contributed by atoms with van der Waals surface area (Å²) < 4.78 is 1.12. The standard InChI is InChI=1S/C20H24N4O3S/c1-13(2)10-23-18(26)12-28-16-9-22-24(20(27)19(16)23)11-17(25)21-8-15-6-4-14(3)5-7-15/h4-7,9,13H,8,10-12H2,1-3H3,(H,21,25). The lowest BCUT2D eigenvalue weighted by molar-refractivity contribution is -0.122. The maximum atomic E-state index is 12.9. The molecule has 1 aliphatic heterocycles. The SMILES string of the molecule is Cc1ccc(CNC(=O)Cn2ncc3c(c2=O)N(CC(C)C)C(=O)CS3)cc1. The minimum absolute atomic E-state index is 0.0927. The van der Waals surface area contributed by atoms with Crippen LogP contribution in [0.5, 0.6) is 0 Å². The van der Waals surface area contributed by atoms with Gasteiger partial charge in [-0.1, -0.05) is 43.7 Å². The first-order valence-electron chi connectivity index (χ1n) is 9.20. The van der Waals surface area contributed by atoms with Crippen LogP contribution in [-0.2, 0) is 22.7 Å². The van der Waals surface area contributed by atoms with Crippen LogP contribution in [0, 0.1) is 12.8 Å². The Balaban J connectivity index is 1.75. The van der Waals surface area contributed by atoms with Crippen LogP contribution in [0.4, 0.5) is 5.69 Å². The molecule has 0 bridgehead atoms. The molecule has 0 spiro atoms. The summed E-state index contributed by atoms with van der Waals surface area (Å²) in [6.07, 6.45) is 1.56. The van der Waals surface area contributed by atoms with E-state index in [9.17, 15) is 14.4 Å². The lowest BCUT2D eigenvalue weighted by atomic mass is 10.1. The van der Waals surface area contributed by atoms with E-state index in [2.05, 4.69) is 10.4 Å². The number of benzene rings is 1. The van der Waals surface area contributed by atoms with Gasteiger partial charge >= 0.3 is 0 Å². The maximum Gasteiger partial charge on any atom is 0.292 e. The molecule has 2 amide bonds. The quantitative estimate of drug-likeness (QED) is 0.801. The first kappa shape index (κ1) is 20.1. The zero-order valence-electron chi connectivity index (χ0n) is 16.3. The lowest BCUT2D eigenvalue weighted by Crippen LogP contribution is -2.44. The summed E-state index contributed by atoms with van der Waals surface area (Å²) in [7, 11) is 0. The van der Waals surface area contributed by atoms with Crippen molar-refractivity contribution in [2.45, 2.75) is 38.8 Å². The van der Waals surface area contributed by atoms with Crippen molar-refractivity contribution in [3.8, 4) is 0 Å². The summed E-state index contributed by atoms with van der Waals surface area (Å²) in [5.41, 5.74) is 2.05. The molecule has 8 heteroatoms. The largest absolute Gasteiger partial charge is 0.350 e. The molecular formula is C20H24N4O3S. The van der Waals surface area contributed by atoms with Crippen LogP contribution in [0.1, 0.15) is 25.0 Å². The topological polar surface area (TPSA) is 84.3 Å². The molecule has 28 heavy (non-hydrogen) atoms. The first-order chi connectivity index (χ1) is 13.3. The Morgan fingerprint density at radius 3 is 2.64 bits per heavy atom. The summed E-state index contributed by atoms with van der Waals surface area (Å²) in [6.45, 7) is 6.65. The zero-order chi connectivity index (χ0) is 20.3. The third-order valence-corrected chi connectivity index (χ3v) is 5.36. The predicted molar refractivity (Wildman–Crippen MR) is 109 cm³/mol. The van der Waals surface area contributed by atoms with Gasteiger partial charge in [0.15, 0.2) is 0 Å². The van der Waals surface area contributed by atoms with Crippen LogP contribution in [0.25, 0.3) is 0 Å². The van der Waals surface area contributed by atoms with Gasteiger partial charge in [-0.3, -0.25) is 14.4 Å². The Bertz CT molecular complexity index is 937. The number of fused-ring (bicyclic) bond motifs is 1. The molecular weight excluding hydrogens is 376 g/mol. The van der Waals surface area contributed by atoms with E-state index >= 15 is 0 Å². The molecule has 2 heterocycles. The molecule has 1 aromatic heterocycles. The maximum absolute atomic E-state index is 12.9. The van der Waals surface area contributed by atoms with E-state index in [0.29, 0.717) is 29.4 Å². The van der Waals surface area contributed by atoms with Crippen molar-refractivity contribution < 1.29 is 9.59 Å². The average Bonchev–Trinajstić information content (AvgIpc) is 2.65. The van der Waals surface area contributed by atoms with Gasteiger partial charge < -0.3 is 10.2 Å². The second-order valence-corrected chi connectivity index (χ2v) is 8.29. The number of anilines is 1. The molecule has 148 valence electrons. The van der Waals surface area contributed by atoms with Crippen LogP contribution in [0.15, 0.2) is 40.2 Å². The molecule has 0 saturated carbocycles. The second kappa shape index (κ2) is 8.60. The third-order valence-electron chi connectivity index (χ3n) is 4.36. The molecule has 0 fully saturated rings. The summed E-state index contributed by atoms with van der Waals surface area (Å²) in [5.74, 6) is 0.117. The molecule has 7 nitrogen and oxygen atoms in total. The number of carbonyl (C=O) groups is 2. The van der Waals surface area contributed by atoms with Crippen LogP contribution in [0.3, 0.4) is 0 Å². The van der Waals surface area contributed by atoms with Gasteiger partial charge in [-0.05, 0) is 18.4 Å². The highest BCUT2D eigenvalue weighted by atomic mass is 32.2. The number of nitrogens with one attached hydrogen (secondary N) is 1. The van der Waals surface area contributed by atoms with Crippen molar-refractivity contribution in [1.29, 1.82) is 0 Å². The highest BCUT2D eigenvalue weighted by Crippen LogP contribution is 2.32. The van der Waals surface area contributed by atoms with Gasteiger partial charge in [0.05, 0.1) is 16.8 Å². The highest BCUT2D eigenvalue weighted by molar-refractivity contribution is 8.00. The predicted octanol–water partition coefficient (Wildman–Crippen LogP) is 1.96. The third kappa shape index (κ3) is 4.62. The van der Waals surface area contributed by atoms with E-state index in [1.165, 1.54) is 16.7 Å².